The van der Waals surface area contributed by atoms with Crippen LogP contribution >= 0.6 is 11.6 Å². The van der Waals surface area contributed by atoms with Gasteiger partial charge in [0.15, 0.2) is 0 Å². The number of hydrogen-bond acceptors (Lipinski definition) is 6. The average molecular weight is 474 g/mol. The second-order valence-corrected chi connectivity index (χ2v) is 9.73. The van der Waals surface area contributed by atoms with Gasteiger partial charge in [0, 0.05) is 44.7 Å². The molecule has 0 radical (unpaired) electrons. The second kappa shape index (κ2) is 9.21. The van der Waals surface area contributed by atoms with Crippen LogP contribution in [0, 0.1) is 5.92 Å². The molecule has 3 aliphatic rings. The fourth-order valence-electron chi connectivity index (χ4n) is 5.07. The highest BCUT2D eigenvalue weighted by molar-refractivity contribution is 6.31. The largest absolute Gasteiger partial charge is 0.417 e. The van der Waals surface area contributed by atoms with E-state index in [2.05, 4.69) is 33.6 Å². The van der Waals surface area contributed by atoms with Crippen molar-refractivity contribution in [2.24, 2.45) is 5.92 Å². The predicted molar refractivity (Wildman–Crippen MR) is 118 cm³/mol. The van der Waals surface area contributed by atoms with Crippen molar-refractivity contribution in [1.29, 1.82) is 0 Å². The standard InChI is InChI=1S/C22H31ClF3N5O/c1-29(2)18-11-31(12-19(18)32)21-15(14-6-7-30(3)10-14)9-27-20(28-21)13-4-5-17(23)16(8-13)22(24,25)26/h4-6,8,15,18-21,27-28,32H,7,9-12H2,1-3H3/t15?,18-,19-,20?,21?/m0/s1. The van der Waals surface area contributed by atoms with Crippen molar-refractivity contribution in [3.8, 4) is 0 Å². The van der Waals surface area contributed by atoms with Crippen molar-refractivity contribution in [2.45, 2.75) is 30.7 Å². The van der Waals surface area contributed by atoms with E-state index in [1.807, 2.05) is 19.0 Å². The van der Waals surface area contributed by atoms with Crippen molar-refractivity contribution in [3.05, 3.63) is 46.0 Å². The maximum atomic E-state index is 13.4. The number of benzene rings is 1. The van der Waals surface area contributed by atoms with Crippen molar-refractivity contribution in [1.82, 2.24) is 25.3 Å². The molecule has 3 unspecified atom stereocenters. The van der Waals surface area contributed by atoms with Crippen LogP contribution in [0.15, 0.2) is 29.8 Å². The van der Waals surface area contributed by atoms with E-state index in [-0.39, 0.29) is 23.1 Å². The van der Waals surface area contributed by atoms with E-state index in [1.165, 1.54) is 11.6 Å². The zero-order valence-electron chi connectivity index (χ0n) is 18.5. The lowest BCUT2D eigenvalue weighted by molar-refractivity contribution is -0.137. The number of hydrogen-bond donors (Lipinski definition) is 3. The molecule has 6 nitrogen and oxygen atoms in total. The summed E-state index contributed by atoms with van der Waals surface area (Å²) >= 11 is 5.82. The first-order valence-electron chi connectivity index (χ1n) is 10.9. The van der Waals surface area contributed by atoms with Gasteiger partial charge in [0.05, 0.1) is 29.0 Å². The molecule has 3 aliphatic heterocycles. The van der Waals surface area contributed by atoms with E-state index in [9.17, 15) is 18.3 Å². The number of aliphatic hydroxyl groups is 1. The molecule has 0 saturated carbocycles. The van der Waals surface area contributed by atoms with Gasteiger partial charge in [-0.25, -0.2) is 0 Å². The first-order valence-corrected chi connectivity index (χ1v) is 11.2. The van der Waals surface area contributed by atoms with E-state index < -0.39 is 24.0 Å². The highest BCUT2D eigenvalue weighted by atomic mass is 35.5. The molecule has 2 fully saturated rings. The third kappa shape index (κ3) is 4.84. The van der Waals surface area contributed by atoms with Gasteiger partial charge in [-0.1, -0.05) is 29.3 Å². The normalized spacial score (nSPS) is 32.7. The van der Waals surface area contributed by atoms with Gasteiger partial charge in [0.2, 0.25) is 0 Å². The summed E-state index contributed by atoms with van der Waals surface area (Å²) in [6.45, 7) is 3.58. The molecular weight excluding hydrogens is 443 g/mol. The fraction of sp³-hybridized carbons (Fsp3) is 0.636. The van der Waals surface area contributed by atoms with Crippen LogP contribution in [0.1, 0.15) is 17.3 Å². The first-order chi connectivity index (χ1) is 15.0. The number of halogens is 4. The van der Waals surface area contributed by atoms with Gasteiger partial charge in [-0.05, 0) is 38.8 Å². The summed E-state index contributed by atoms with van der Waals surface area (Å²) < 4.78 is 40.2. The van der Waals surface area contributed by atoms with E-state index >= 15 is 0 Å². The molecule has 0 bridgehead atoms. The summed E-state index contributed by atoms with van der Waals surface area (Å²) in [5, 5.41) is 17.2. The number of β-amino-alcohol motifs (C(OH)–C–C–N with tert-alkyl or cyclic N) is 1. The smallest absolute Gasteiger partial charge is 0.390 e. The molecule has 1 aromatic rings. The molecule has 178 valence electrons. The molecule has 5 atom stereocenters. The number of likely N-dealkylation sites (N-methyl/N-ethyl adjacent to an activating group) is 2. The van der Waals surface area contributed by atoms with Crippen LogP contribution < -0.4 is 10.6 Å². The Morgan fingerprint density at radius 2 is 1.97 bits per heavy atom. The Labute approximate surface area is 192 Å². The number of nitrogens with one attached hydrogen (secondary N) is 2. The minimum atomic E-state index is -4.51. The Bertz CT molecular complexity index is 864. The summed E-state index contributed by atoms with van der Waals surface area (Å²) in [7, 11) is 5.97. The molecule has 32 heavy (non-hydrogen) atoms. The monoisotopic (exact) mass is 473 g/mol. The number of aliphatic hydroxyl groups excluding tert-OH is 1. The molecule has 0 aliphatic carbocycles. The van der Waals surface area contributed by atoms with Crippen LogP contribution in [-0.4, -0.2) is 92.0 Å². The minimum Gasteiger partial charge on any atom is -0.390 e. The number of rotatable bonds is 4. The zero-order chi connectivity index (χ0) is 23.2. The predicted octanol–water partition coefficient (Wildman–Crippen LogP) is 1.97. The van der Waals surface area contributed by atoms with Gasteiger partial charge < -0.3 is 10.0 Å². The highest BCUT2D eigenvalue weighted by Crippen LogP contribution is 2.37. The van der Waals surface area contributed by atoms with Gasteiger partial charge in [-0.15, -0.1) is 0 Å². The van der Waals surface area contributed by atoms with Gasteiger partial charge in [0.1, 0.15) is 0 Å². The van der Waals surface area contributed by atoms with E-state index in [1.54, 1.807) is 6.07 Å². The lowest BCUT2D eigenvalue weighted by atomic mass is 9.91. The Morgan fingerprint density at radius 3 is 2.56 bits per heavy atom. The molecule has 3 heterocycles. The fourth-order valence-corrected chi connectivity index (χ4v) is 5.29. The van der Waals surface area contributed by atoms with Gasteiger partial charge in [0.25, 0.3) is 0 Å². The van der Waals surface area contributed by atoms with E-state index in [4.69, 9.17) is 11.6 Å². The van der Waals surface area contributed by atoms with Crippen LogP contribution in [0.3, 0.4) is 0 Å². The molecule has 1 aromatic carbocycles. The number of alkyl halides is 3. The summed E-state index contributed by atoms with van der Waals surface area (Å²) in [6.07, 6.45) is -3.32. The van der Waals surface area contributed by atoms with Crippen LogP contribution in [0.4, 0.5) is 13.2 Å². The summed E-state index contributed by atoms with van der Waals surface area (Å²) in [5.41, 5.74) is 0.973. The Hall–Kier alpha value is -1.20. The molecule has 0 amide bonds. The molecule has 4 rings (SSSR count). The molecular formula is C22H31ClF3N5O. The van der Waals surface area contributed by atoms with Crippen molar-refractivity contribution in [3.63, 3.8) is 0 Å². The van der Waals surface area contributed by atoms with Gasteiger partial charge in [-0.2, -0.15) is 13.2 Å². The highest BCUT2D eigenvalue weighted by Gasteiger charge is 2.43. The number of nitrogens with zero attached hydrogens (tertiary/aromatic N) is 3. The third-order valence-electron chi connectivity index (χ3n) is 6.83. The summed E-state index contributed by atoms with van der Waals surface area (Å²) in [6, 6.07) is 4.07. The maximum Gasteiger partial charge on any atom is 0.417 e. The molecule has 0 aromatic heterocycles. The van der Waals surface area contributed by atoms with Gasteiger partial charge in [-0.3, -0.25) is 20.4 Å². The minimum absolute atomic E-state index is 0.0124. The summed E-state index contributed by atoms with van der Waals surface area (Å²) in [4.78, 5) is 6.48. The topological polar surface area (TPSA) is 54.0 Å². The second-order valence-electron chi connectivity index (χ2n) is 9.32. The van der Waals surface area contributed by atoms with E-state index in [0.29, 0.717) is 25.2 Å². The SMILES string of the molecule is CN1CC=C(C2CNC(c3ccc(Cl)c(C(F)(F)F)c3)NC2N2C[C@H](O)[C@@H](N(C)C)C2)C1. The number of likely N-dealkylation sites (tertiary alicyclic amines) is 1. The summed E-state index contributed by atoms with van der Waals surface area (Å²) in [5.74, 6) is 0.152. The molecule has 3 N–H and O–H groups in total. The Kier molecular flexibility index (Phi) is 6.89. The Balaban J connectivity index is 1.60. The first kappa shape index (κ1) is 23.9. The third-order valence-corrected chi connectivity index (χ3v) is 7.16. The van der Waals surface area contributed by atoms with Crippen molar-refractivity contribution < 1.29 is 18.3 Å². The molecule has 10 heteroatoms. The Morgan fingerprint density at radius 1 is 1.22 bits per heavy atom. The lowest BCUT2D eigenvalue weighted by Crippen LogP contribution is -2.61. The lowest BCUT2D eigenvalue weighted by Gasteiger charge is -2.44. The van der Waals surface area contributed by atoms with E-state index in [0.717, 1.165) is 19.2 Å². The van der Waals surface area contributed by atoms with Crippen LogP contribution in [0.5, 0.6) is 0 Å². The zero-order valence-corrected chi connectivity index (χ0v) is 19.3. The van der Waals surface area contributed by atoms with Crippen LogP contribution in [0.2, 0.25) is 5.02 Å². The van der Waals surface area contributed by atoms with Crippen molar-refractivity contribution in [2.75, 3.05) is 53.9 Å². The molecule has 0 spiro atoms. The molecule has 2 saturated heterocycles. The quantitative estimate of drug-likeness (QED) is 0.581. The maximum absolute atomic E-state index is 13.4. The van der Waals surface area contributed by atoms with Crippen LogP contribution in [0.25, 0.3) is 0 Å². The van der Waals surface area contributed by atoms with Crippen molar-refractivity contribution >= 4 is 11.6 Å². The van der Waals surface area contributed by atoms with Gasteiger partial charge >= 0.3 is 6.18 Å². The van der Waals surface area contributed by atoms with Crippen LogP contribution in [-0.2, 0) is 6.18 Å². The average Bonchev–Trinajstić information content (AvgIpc) is 3.32.